The lowest BCUT2D eigenvalue weighted by atomic mass is 10.0. The van der Waals surface area contributed by atoms with Crippen molar-refractivity contribution in [2.45, 2.75) is 27.3 Å². The molecule has 0 radical (unpaired) electrons. The van der Waals surface area contributed by atoms with Gasteiger partial charge in [-0.1, -0.05) is 0 Å². The van der Waals surface area contributed by atoms with Gasteiger partial charge in [-0.3, -0.25) is 4.79 Å². The molecule has 6 heteroatoms. The topological polar surface area (TPSA) is 72.9 Å². The molecule has 6 nitrogen and oxygen atoms in total. The fourth-order valence-corrected chi connectivity index (χ4v) is 2.78. The van der Waals surface area contributed by atoms with Crippen LogP contribution in [-0.4, -0.2) is 24.5 Å². The number of amides is 1. The number of hydrogen-bond donors (Lipinski definition) is 0. The van der Waals surface area contributed by atoms with Crippen molar-refractivity contribution in [2.75, 3.05) is 13.7 Å². The molecule has 0 fully saturated rings. The highest BCUT2D eigenvalue weighted by atomic mass is 16.5. The normalized spacial score (nSPS) is 10.9. The zero-order valence-corrected chi connectivity index (χ0v) is 15.3. The molecule has 3 rings (SSSR count). The summed E-state index contributed by atoms with van der Waals surface area (Å²) >= 11 is 0. The first-order chi connectivity index (χ1) is 12.4. The van der Waals surface area contributed by atoms with Gasteiger partial charge in [0.25, 0.3) is 5.91 Å². The van der Waals surface area contributed by atoms with Gasteiger partial charge in [-0.05, 0) is 56.2 Å². The molecule has 0 unspecified atom stereocenters. The van der Waals surface area contributed by atoms with E-state index in [2.05, 4.69) is 0 Å². The van der Waals surface area contributed by atoms with E-state index in [1.54, 1.807) is 32.4 Å². The number of hydrogen-bond acceptors (Lipinski definition) is 5. The van der Waals surface area contributed by atoms with E-state index >= 15 is 0 Å². The second kappa shape index (κ2) is 7.07. The van der Waals surface area contributed by atoms with Gasteiger partial charge in [0.1, 0.15) is 17.1 Å². The molecule has 0 saturated carbocycles. The van der Waals surface area contributed by atoms with Crippen LogP contribution in [0.1, 0.15) is 22.5 Å². The Kier molecular flexibility index (Phi) is 4.84. The second-order valence-corrected chi connectivity index (χ2v) is 6.39. The first kappa shape index (κ1) is 17.8. The smallest absolute Gasteiger partial charge is 0.339 e. The quantitative estimate of drug-likeness (QED) is 0.656. The Balaban J connectivity index is 1.83. The van der Waals surface area contributed by atoms with Crippen LogP contribution in [0.15, 0.2) is 44.2 Å². The lowest BCUT2D eigenvalue weighted by Gasteiger charge is -2.17. The van der Waals surface area contributed by atoms with Crippen LogP contribution in [0.2, 0.25) is 0 Å². The number of furan rings is 1. The van der Waals surface area contributed by atoms with E-state index in [9.17, 15) is 9.59 Å². The van der Waals surface area contributed by atoms with Crippen LogP contribution in [0.25, 0.3) is 11.0 Å². The Hall–Kier alpha value is -3.02. The Morgan fingerprint density at radius 3 is 2.65 bits per heavy atom. The summed E-state index contributed by atoms with van der Waals surface area (Å²) in [6.45, 7) is 5.70. The number of ether oxygens (including phenoxy) is 1. The molecule has 2 aromatic heterocycles. The Bertz CT molecular complexity index is 1000. The van der Waals surface area contributed by atoms with Crippen molar-refractivity contribution >= 4 is 16.9 Å². The number of benzene rings is 1. The average molecular weight is 355 g/mol. The van der Waals surface area contributed by atoms with Crippen molar-refractivity contribution < 1.29 is 18.4 Å². The first-order valence-corrected chi connectivity index (χ1v) is 8.30. The van der Waals surface area contributed by atoms with Crippen molar-refractivity contribution in [2.24, 2.45) is 0 Å². The van der Waals surface area contributed by atoms with Gasteiger partial charge in [-0.25, -0.2) is 4.79 Å². The number of nitrogens with zero attached hydrogens (tertiary/aromatic N) is 1. The SMILES string of the molecule is Cc1cc(OCC(=O)N(C)Cc2ccco2)c2c(C)c(C)c(=O)oc2c1. The van der Waals surface area contributed by atoms with Crippen LogP contribution in [-0.2, 0) is 11.3 Å². The van der Waals surface area contributed by atoms with Gasteiger partial charge in [0.15, 0.2) is 6.61 Å². The Labute approximate surface area is 151 Å². The van der Waals surface area contributed by atoms with Gasteiger partial charge in [-0.15, -0.1) is 0 Å². The summed E-state index contributed by atoms with van der Waals surface area (Å²) in [7, 11) is 1.69. The molecule has 0 aliphatic carbocycles. The molecule has 0 spiro atoms. The molecule has 0 atom stereocenters. The zero-order chi connectivity index (χ0) is 18.8. The highest BCUT2D eigenvalue weighted by molar-refractivity contribution is 5.88. The molecule has 1 aromatic carbocycles. The number of rotatable bonds is 5. The Morgan fingerprint density at radius 1 is 1.19 bits per heavy atom. The van der Waals surface area contributed by atoms with Crippen molar-refractivity contribution in [1.29, 1.82) is 0 Å². The molecular weight excluding hydrogens is 334 g/mol. The predicted molar refractivity (Wildman–Crippen MR) is 97.4 cm³/mol. The number of fused-ring (bicyclic) bond motifs is 1. The summed E-state index contributed by atoms with van der Waals surface area (Å²) in [6, 6.07) is 7.23. The number of likely N-dealkylation sites (N-methyl/N-ethyl adjacent to an activating group) is 1. The number of carbonyl (C=O) groups is 1. The summed E-state index contributed by atoms with van der Waals surface area (Å²) in [4.78, 5) is 25.8. The maximum Gasteiger partial charge on any atom is 0.339 e. The average Bonchev–Trinajstić information content (AvgIpc) is 3.09. The zero-order valence-electron chi connectivity index (χ0n) is 15.3. The first-order valence-electron chi connectivity index (χ1n) is 8.30. The van der Waals surface area contributed by atoms with Crippen LogP contribution in [0.4, 0.5) is 0 Å². The fraction of sp³-hybridized carbons (Fsp3) is 0.300. The molecule has 0 aliphatic heterocycles. The largest absolute Gasteiger partial charge is 0.483 e. The minimum atomic E-state index is -0.360. The van der Waals surface area contributed by atoms with E-state index in [1.165, 1.54) is 4.90 Å². The third-order valence-corrected chi connectivity index (χ3v) is 4.41. The van der Waals surface area contributed by atoms with Gasteiger partial charge < -0.3 is 18.5 Å². The standard InChI is InChI=1S/C20H21NO5/c1-12-8-16(19-13(2)14(3)20(23)26-17(19)9-12)25-11-18(22)21(4)10-15-6-5-7-24-15/h5-9H,10-11H2,1-4H3. The molecular formula is C20H21NO5. The van der Waals surface area contributed by atoms with Crippen LogP contribution < -0.4 is 10.4 Å². The van der Waals surface area contributed by atoms with Crippen LogP contribution in [0.3, 0.4) is 0 Å². The van der Waals surface area contributed by atoms with Crippen LogP contribution in [0, 0.1) is 20.8 Å². The second-order valence-electron chi connectivity index (χ2n) is 6.39. The third kappa shape index (κ3) is 3.49. The molecule has 1 amide bonds. The molecule has 0 bridgehead atoms. The minimum absolute atomic E-state index is 0.118. The summed E-state index contributed by atoms with van der Waals surface area (Å²) in [5.74, 6) is 1.06. The van der Waals surface area contributed by atoms with E-state index in [1.807, 2.05) is 26.0 Å². The van der Waals surface area contributed by atoms with Crippen LogP contribution in [0.5, 0.6) is 5.75 Å². The van der Waals surface area contributed by atoms with E-state index in [-0.39, 0.29) is 18.1 Å². The third-order valence-electron chi connectivity index (χ3n) is 4.41. The predicted octanol–water partition coefficient (Wildman–Crippen LogP) is 3.35. The summed E-state index contributed by atoms with van der Waals surface area (Å²) in [5.41, 5.74) is 2.32. The van der Waals surface area contributed by atoms with Gasteiger partial charge in [-0.2, -0.15) is 0 Å². The monoisotopic (exact) mass is 355 g/mol. The van der Waals surface area contributed by atoms with Gasteiger partial charge in [0, 0.05) is 12.6 Å². The number of carbonyl (C=O) groups excluding carboxylic acids is 1. The molecule has 26 heavy (non-hydrogen) atoms. The fourth-order valence-electron chi connectivity index (χ4n) is 2.78. The van der Waals surface area contributed by atoms with Crippen molar-refractivity contribution in [3.05, 3.63) is 63.4 Å². The molecule has 0 N–H and O–H groups in total. The van der Waals surface area contributed by atoms with Crippen molar-refractivity contribution in [1.82, 2.24) is 4.90 Å². The van der Waals surface area contributed by atoms with E-state index in [0.29, 0.717) is 34.6 Å². The molecule has 2 heterocycles. The maximum absolute atomic E-state index is 12.4. The molecule has 3 aromatic rings. The molecule has 0 aliphatic rings. The van der Waals surface area contributed by atoms with Gasteiger partial charge >= 0.3 is 5.63 Å². The van der Waals surface area contributed by atoms with Crippen LogP contribution >= 0.6 is 0 Å². The maximum atomic E-state index is 12.4. The summed E-state index contributed by atoms with van der Waals surface area (Å²) in [5, 5.41) is 0.717. The molecule has 0 saturated heterocycles. The Morgan fingerprint density at radius 2 is 1.96 bits per heavy atom. The summed E-state index contributed by atoms with van der Waals surface area (Å²) < 4.78 is 16.4. The van der Waals surface area contributed by atoms with E-state index in [0.717, 1.165) is 11.1 Å². The lowest BCUT2D eigenvalue weighted by molar-refractivity contribution is -0.132. The lowest BCUT2D eigenvalue weighted by Crippen LogP contribution is -2.30. The van der Waals surface area contributed by atoms with Gasteiger partial charge in [0.2, 0.25) is 0 Å². The minimum Gasteiger partial charge on any atom is -0.483 e. The summed E-state index contributed by atoms with van der Waals surface area (Å²) in [6.07, 6.45) is 1.57. The highest BCUT2D eigenvalue weighted by Crippen LogP contribution is 2.30. The number of aryl methyl sites for hydroxylation is 2. The van der Waals surface area contributed by atoms with Gasteiger partial charge in [0.05, 0.1) is 18.2 Å². The highest BCUT2D eigenvalue weighted by Gasteiger charge is 2.16. The van der Waals surface area contributed by atoms with E-state index in [4.69, 9.17) is 13.6 Å². The van der Waals surface area contributed by atoms with Crippen molar-refractivity contribution in [3.63, 3.8) is 0 Å². The van der Waals surface area contributed by atoms with Crippen molar-refractivity contribution in [3.8, 4) is 5.75 Å². The van der Waals surface area contributed by atoms with E-state index < -0.39 is 0 Å². The molecule has 136 valence electrons.